The third kappa shape index (κ3) is 9.97. The monoisotopic (exact) mass is 207 g/mol. The summed E-state index contributed by atoms with van der Waals surface area (Å²) >= 11 is 0. The van der Waals surface area contributed by atoms with Gasteiger partial charge in [-0.25, -0.2) is 0 Å². The van der Waals surface area contributed by atoms with Crippen molar-refractivity contribution < 1.29 is 14.6 Å². The van der Waals surface area contributed by atoms with E-state index in [2.05, 4.69) is 5.32 Å². The second-order valence-corrected chi connectivity index (χ2v) is 5.55. The number of likely N-dealkylation sites (N-methyl/N-ethyl adjacent to an activating group) is 1. The normalized spacial score (nSPS) is 15.7. The molecule has 0 aromatic rings. The molecule has 0 amide bonds. The van der Waals surface area contributed by atoms with E-state index in [4.69, 9.17) is 9.53 Å². The maximum atomic E-state index is 9.23. The van der Waals surface area contributed by atoms with Crippen LogP contribution in [0.25, 0.3) is 0 Å². The Morgan fingerprint density at radius 1 is 1.54 bits per heavy atom. The van der Waals surface area contributed by atoms with Crippen LogP contribution in [-0.4, -0.2) is 51.9 Å². The molecule has 0 aliphatic heterocycles. The molecule has 2 unspecified atom stereocenters. The van der Waals surface area contributed by atoms with Gasteiger partial charge in [0.25, 0.3) is 0 Å². The number of hydrogen-bond donors (Lipinski definition) is 3. The predicted octanol–water partition coefficient (Wildman–Crippen LogP) is -0.681. The van der Waals surface area contributed by atoms with Gasteiger partial charge in [0.2, 0.25) is 0 Å². The molecule has 0 bridgehead atoms. The average Bonchev–Trinajstić information content (AvgIpc) is 2.03. The Morgan fingerprint density at radius 2 is 2.23 bits per heavy atom. The lowest BCUT2D eigenvalue weighted by Crippen LogP contribution is -2.28. The molecule has 0 rings (SSSR count). The molecule has 5 heteroatoms. The Hall–Kier alpha value is 0.0569. The minimum absolute atomic E-state index is 0.377. The van der Waals surface area contributed by atoms with Crippen LogP contribution in [0.3, 0.4) is 0 Å². The number of hydrogen-bond acceptors (Lipinski definition) is 4. The molecule has 0 spiro atoms. The van der Waals surface area contributed by atoms with Gasteiger partial charge in [-0.15, -0.1) is 0 Å². The Balaban J connectivity index is 3.06. The summed E-state index contributed by atoms with van der Waals surface area (Å²) in [6.45, 7) is 3.47. The molecule has 0 aliphatic carbocycles. The highest BCUT2D eigenvalue weighted by atomic mass is 28.3. The molecular weight excluding hydrogens is 186 g/mol. The van der Waals surface area contributed by atoms with Gasteiger partial charge in [-0.05, 0) is 26.1 Å². The van der Waals surface area contributed by atoms with E-state index in [1.54, 1.807) is 7.05 Å². The Labute approximate surface area is 81.6 Å². The fraction of sp³-hybridized carbons (Fsp3) is 1.00. The number of ether oxygens (including phenoxy) is 1. The van der Waals surface area contributed by atoms with Crippen LogP contribution in [-0.2, 0) is 4.74 Å². The number of rotatable bonds is 8. The van der Waals surface area contributed by atoms with Gasteiger partial charge in [0.1, 0.15) is 0 Å². The van der Waals surface area contributed by atoms with E-state index >= 15 is 0 Å². The molecule has 13 heavy (non-hydrogen) atoms. The minimum atomic E-state index is -1.41. The summed E-state index contributed by atoms with van der Waals surface area (Å²) in [6, 6.07) is 0.891. The van der Waals surface area contributed by atoms with E-state index in [9.17, 15) is 5.11 Å². The largest absolute Gasteiger partial charge is 0.435 e. The molecule has 4 nitrogen and oxygen atoms in total. The zero-order valence-corrected chi connectivity index (χ0v) is 9.65. The fourth-order valence-electron chi connectivity index (χ4n) is 0.995. The first-order valence-electron chi connectivity index (χ1n) is 4.75. The van der Waals surface area contributed by atoms with Crippen molar-refractivity contribution in [1.29, 1.82) is 0 Å². The van der Waals surface area contributed by atoms with Crippen LogP contribution in [0.5, 0.6) is 0 Å². The van der Waals surface area contributed by atoms with E-state index in [1.807, 2.05) is 6.55 Å². The standard InChI is InChI=1S/C8H21NO3Si/c1-9-6-8(10)7-12-4-3-5-13(2)11/h8-11,13H,3-7H2,1-2H3. The zero-order chi connectivity index (χ0) is 10.1. The molecule has 0 aliphatic rings. The summed E-state index contributed by atoms with van der Waals surface area (Å²) in [4.78, 5) is 9.07. The summed E-state index contributed by atoms with van der Waals surface area (Å²) in [7, 11) is 0.388. The van der Waals surface area contributed by atoms with Crippen LogP contribution in [0.2, 0.25) is 12.6 Å². The molecule has 80 valence electrons. The number of aliphatic hydroxyl groups is 1. The maximum Gasteiger partial charge on any atom is 0.169 e. The highest BCUT2D eigenvalue weighted by molar-refractivity contribution is 6.48. The third-order valence-corrected chi connectivity index (χ3v) is 2.90. The van der Waals surface area contributed by atoms with Crippen molar-refractivity contribution in [1.82, 2.24) is 5.32 Å². The Kier molecular flexibility index (Phi) is 8.68. The molecular formula is C8H21NO3Si. The van der Waals surface area contributed by atoms with Crippen molar-refractivity contribution >= 4 is 9.04 Å². The summed E-state index contributed by atoms with van der Waals surface area (Å²) < 4.78 is 5.22. The Bertz CT molecular complexity index is 114. The number of nitrogens with one attached hydrogen (secondary N) is 1. The summed E-state index contributed by atoms with van der Waals surface area (Å²) in [6.07, 6.45) is 0.477. The van der Waals surface area contributed by atoms with Crippen molar-refractivity contribution in [2.24, 2.45) is 0 Å². The molecule has 0 fully saturated rings. The van der Waals surface area contributed by atoms with Gasteiger partial charge in [0.15, 0.2) is 9.04 Å². The summed E-state index contributed by atoms with van der Waals surface area (Å²) in [5.74, 6) is 0. The van der Waals surface area contributed by atoms with Gasteiger partial charge in [-0.2, -0.15) is 0 Å². The molecule has 0 saturated heterocycles. The smallest absolute Gasteiger partial charge is 0.169 e. The SMILES string of the molecule is CNCC(O)COCCC[SiH](C)O. The highest BCUT2D eigenvalue weighted by Crippen LogP contribution is 1.95. The van der Waals surface area contributed by atoms with Gasteiger partial charge < -0.3 is 20.0 Å². The second-order valence-electron chi connectivity index (χ2n) is 3.28. The molecule has 2 atom stereocenters. The van der Waals surface area contributed by atoms with Crippen LogP contribution >= 0.6 is 0 Å². The topological polar surface area (TPSA) is 61.7 Å². The van der Waals surface area contributed by atoms with Crippen LogP contribution in [0.15, 0.2) is 0 Å². The average molecular weight is 207 g/mol. The summed E-state index contributed by atoms with van der Waals surface area (Å²) in [5.41, 5.74) is 0. The zero-order valence-electron chi connectivity index (χ0n) is 8.49. The van der Waals surface area contributed by atoms with Crippen molar-refractivity contribution in [3.8, 4) is 0 Å². The van der Waals surface area contributed by atoms with Gasteiger partial charge in [0.05, 0.1) is 12.7 Å². The van der Waals surface area contributed by atoms with E-state index in [0.717, 1.165) is 12.5 Å². The molecule has 0 heterocycles. The van der Waals surface area contributed by atoms with Gasteiger partial charge in [0, 0.05) is 13.2 Å². The van der Waals surface area contributed by atoms with E-state index in [0.29, 0.717) is 19.8 Å². The van der Waals surface area contributed by atoms with Crippen LogP contribution in [0.1, 0.15) is 6.42 Å². The van der Waals surface area contributed by atoms with Crippen molar-refractivity contribution in [3.63, 3.8) is 0 Å². The molecule has 0 radical (unpaired) electrons. The predicted molar refractivity (Wildman–Crippen MR) is 55.4 cm³/mol. The fourth-order valence-corrected chi connectivity index (χ4v) is 1.75. The van der Waals surface area contributed by atoms with Crippen molar-refractivity contribution in [2.75, 3.05) is 26.8 Å². The first-order valence-corrected chi connectivity index (χ1v) is 7.24. The van der Waals surface area contributed by atoms with Crippen LogP contribution < -0.4 is 5.32 Å². The van der Waals surface area contributed by atoms with Gasteiger partial charge >= 0.3 is 0 Å². The minimum Gasteiger partial charge on any atom is -0.435 e. The lowest BCUT2D eigenvalue weighted by molar-refractivity contribution is 0.0381. The molecule has 0 saturated carbocycles. The van der Waals surface area contributed by atoms with Crippen LogP contribution in [0.4, 0.5) is 0 Å². The van der Waals surface area contributed by atoms with E-state index < -0.39 is 15.1 Å². The van der Waals surface area contributed by atoms with Crippen molar-refractivity contribution in [2.45, 2.75) is 25.1 Å². The lowest BCUT2D eigenvalue weighted by atomic mass is 10.4. The first kappa shape index (κ1) is 13.1. The van der Waals surface area contributed by atoms with Gasteiger partial charge in [-0.1, -0.05) is 0 Å². The lowest BCUT2D eigenvalue weighted by Gasteiger charge is -2.10. The Morgan fingerprint density at radius 3 is 2.77 bits per heavy atom. The summed E-state index contributed by atoms with van der Waals surface area (Å²) in [5, 5.41) is 12.1. The van der Waals surface area contributed by atoms with Crippen molar-refractivity contribution in [3.05, 3.63) is 0 Å². The van der Waals surface area contributed by atoms with E-state index in [1.165, 1.54) is 0 Å². The quantitative estimate of drug-likeness (QED) is 0.364. The third-order valence-electron chi connectivity index (χ3n) is 1.66. The van der Waals surface area contributed by atoms with Gasteiger partial charge in [-0.3, -0.25) is 0 Å². The molecule has 0 aromatic carbocycles. The first-order chi connectivity index (χ1) is 6.16. The number of aliphatic hydroxyl groups excluding tert-OH is 1. The molecule has 3 N–H and O–H groups in total. The highest BCUT2D eigenvalue weighted by Gasteiger charge is 2.02. The maximum absolute atomic E-state index is 9.23. The van der Waals surface area contributed by atoms with Crippen LogP contribution in [0, 0.1) is 0 Å². The second kappa shape index (κ2) is 8.65. The molecule has 0 aromatic heterocycles. The van der Waals surface area contributed by atoms with E-state index in [-0.39, 0.29) is 0 Å².